The molecule has 0 atom stereocenters. The number of aromatic nitrogens is 3. The molecule has 0 aliphatic rings. The zero-order valence-corrected chi connectivity index (χ0v) is 8.37. The summed E-state index contributed by atoms with van der Waals surface area (Å²) in [6.45, 7) is 0. The third-order valence-corrected chi connectivity index (χ3v) is 2.02. The number of fused-ring (bicyclic) bond motifs is 1. The summed E-state index contributed by atoms with van der Waals surface area (Å²) in [7, 11) is 3.03. The van der Waals surface area contributed by atoms with Gasteiger partial charge in [0.25, 0.3) is 0 Å². The van der Waals surface area contributed by atoms with Crippen LogP contribution in [0, 0.1) is 0 Å². The minimum atomic E-state index is -0.553. The Labute approximate surface area is 85.7 Å². The van der Waals surface area contributed by atoms with E-state index >= 15 is 0 Å². The van der Waals surface area contributed by atoms with Gasteiger partial charge >= 0.3 is 5.97 Å². The molecule has 0 unspecified atom stereocenters. The fourth-order valence-electron chi connectivity index (χ4n) is 1.31. The molecule has 2 aromatic rings. The molecule has 0 aliphatic carbocycles. The molecule has 78 valence electrons. The molecule has 0 saturated heterocycles. The smallest absolute Gasteiger partial charge is 0.376 e. The SMILES string of the molecule is CNc1nc(C(=O)OC)nc2[nH]ccc12. The molecule has 0 fully saturated rings. The second-order valence-electron chi connectivity index (χ2n) is 2.88. The Balaban J connectivity index is 2.63. The third-order valence-electron chi connectivity index (χ3n) is 2.02. The number of anilines is 1. The molecular formula is C9H10N4O2. The van der Waals surface area contributed by atoms with Gasteiger partial charge in [0.1, 0.15) is 11.5 Å². The van der Waals surface area contributed by atoms with Crippen LogP contribution < -0.4 is 5.32 Å². The monoisotopic (exact) mass is 206 g/mol. The third kappa shape index (κ3) is 1.50. The van der Waals surface area contributed by atoms with Crippen LogP contribution in [0.2, 0.25) is 0 Å². The molecule has 2 aromatic heterocycles. The van der Waals surface area contributed by atoms with E-state index in [1.54, 1.807) is 13.2 Å². The molecule has 2 heterocycles. The topological polar surface area (TPSA) is 79.9 Å². The maximum Gasteiger partial charge on any atom is 0.376 e. The first-order chi connectivity index (χ1) is 7.26. The second-order valence-corrected chi connectivity index (χ2v) is 2.88. The minimum absolute atomic E-state index is 0.0387. The first-order valence-electron chi connectivity index (χ1n) is 4.37. The highest BCUT2D eigenvalue weighted by atomic mass is 16.5. The van der Waals surface area contributed by atoms with E-state index in [1.165, 1.54) is 7.11 Å². The Morgan fingerprint density at radius 1 is 1.53 bits per heavy atom. The van der Waals surface area contributed by atoms with E-state index in [9.17, 15) is 4.79 Å². The Morgan fingerprint density at radius 2 is 2.33 bits per heavy atom. The van der Waals surface area contributed by atoms with Gasteiger partial charge < -0.3 is 15.0 Å². The van der Waals surface area contributed by atoms with Crippen molar-refractivity contribution in [3.63, 3.8) is 0 Å². The van der Waals surface area contributed by atoms with Crippen LogP contribution in [0.1, 0.15) is 10.6 Å². The van der Waals surface area contributed by atoms with E-state index in [1.807, 2.05) is 6.07 Å². The van der Waals surface area contributed by atoms with Crippen molar-refractivity contribution in [2.75, 3.05) is 19.5 Å². The van der Waals surface area contributed by atoms with Crippen molar-refractivity contribution >= 4 is 22.8 Å². The van der Waals surface area contributed by atoms with Crippen LogP contribution in [0.5, 0.6) is 0 Å². The number of ether oxygens (including phenoxy) is 1. The number of hydrogen-bond acceptors (Lipinski definition) is 5. The average Bonchev–Trinajstić information content (AvgIpc) is 2.74. The lowest BCUT2D eigenvalue weighted by Gasteiger charge is -2.03. The molecule has 0 saturated carbocycles. The highest BCUT2D eigenvalue weighted by molar-refractivity contribution is 5.92. The number of carbonyl (C=O) groups excluding carboxylic acids is 1. The van der Waals surface area contributed by atoms with Gasteiger partial charge in [-0.25, -0.2) is 14.8 Å². The summed E-state index contributed by atoms with van der Waals surface area (Å²) < 4.78 is 4.56. The fourth-order valence-corrected chi connectivity index (χ4v) is 1.31. The molecule has 2 N–H and O–H groups in total. The summed E-state index contributed by atoms with van der Waals surface area (Å²) in [5, 5.41) is 3.73. The predicted molar refractivity (Wildman–Crippen MR) is 54.8 cm³/mol. The molecular weight excluding hydrogens is 196 g/mol. The molecule has 2 rings (SSSR count). The molecule has 15 heavy (non-hydrogen) atoms. The van der Waals surface area contributed by atoms with Gasteiger partial charge in [-0.15, -0.1) is 0 Å². The lowest BCUT2D eigenvalue weighted by molar-refractivity contribution is 0.0587. The zero-order valence-electron chi connectivity index (χ0n) is 8.37. The first kappa shape index (κ1) is 9.45. The fraction of sp³-hybridized carbons (Fsp3) is 0.222. The van der Waals surface area contributed by atoms with Gasteiger partial charge in [0.15, 0.2) is 0 Å². The molecule has 0 amide bonds. The van der Waals surface area contributed by atoms with Crippen LogP contribution in [-0.2, 0) is 4.74 Å². The van der Waals surface area contributed by atoms with E-state index in [4.69, 9.17) is 0 Å². The van der Waals surface area contributed by atoms with Crippen molar-refractivity contribution in [1.29, 1.82) is 0 Å². The van der Waals surface area contributed by atoms with Gasteiger partial charge in [-0.1, -0.05) is 0 Å². The highest BCUT2D eigenvalue weighted by Gasteiger charge is 2.13. The molecule has 0 aliphatic heterocycles. The summed E-state index contributed by atoms with van der Waals surface area (Å²) >= 11 is 0. The molecule has 6 heteroatoms. The summed E-state index contributed by atoms with van der Waals surface area (Å²) in [6, 6.07) is 1.84. The number of nitrogens with zero attached hydrogens (tertiary/aromatic N) is 2. The van der Waals surface area contributed by atoms with Gasteiger partial charge in [-0.2, -0.15) is 0 Å². The molecule has 0 aromatic carbocycles. The number of nitrogens with one attached hydrogen (secondary N) is 2. The van der Waals surface area contributed by atoms with E-state index < -0.39 is 5.97 Å². The van der Waals surface area contributed by atoms with Gasteiger partial charge in [-0.05, 0) is 6.07 Å². The lowest BCUT2D eigenvalue weighted by Crippen LogP contribution is -2.09. The normalized spacial score (nSPS) is 10.3. The first-order valence-corrected chi connectivity index (χ1v) is 4.37. The highest BCUT2D eigenvalue weighted by Crippen LogP contribution is 2.18. The lowest BCUT2D eigenvalue weighted by atomic mass is 10.3. The molecule has 0 radical (unpaired) electrons. The number of carbonyl (C=O) groups is 1. The number of methoxy groups -OCH3 is 1. The molecule has 0 bridgehead atoms. The Morgan fingerprint density at radius 3 is 3.00 bits per heavy atom. The summed E-state index contributed by atoms with van der Waals surface area (Å²) in [6.07, 6.45) is 1.74. The molecule has 0 spiro atoms. The summed E-state index contributed by atoms with van der Waals surface area (Å²) in [5.74, 6) is 0.0847. The zero-order chi connectivity index (χ0) is 10.8. The average molecular weight is 206 g/mol. The number of aromatic amines is 1. The van der Waals surface area contributed by atoms with Crippen LogP contribution in [0.25, 0.3) is 11.0 Å². The van der Waals surface area contributed by atoms with E-state index in [-0.39, 0.29) is 5.82 Å². The van der Waals surface area contributed by atoms with E-state index in [0.717, 1.165) is 5.39 Å². The number of hydrogen-bond donors (Lipinski definition) is 2. The van der Waals surface area contributed by atoms with Crippen LogP contribution >= 0.6 is 0 Å². The van der Waals surface area contributed by atoms with Crippen molar-refractivity contribution in [3.8, 4) is 0 Å². The standard InChI is InChI=1S/C9H10N4O2/c1-10-6-5-3-4-11-7(5)13-8(12-6)9(14)15-2/h3-4H,1-2H3,(H2,10,11,12,13). The number of rotatable bonds is 2. The van der Waals surface area contributed by atoms with Crippen molar-refractivity contribution in [3.05, 3.63) is 18.1 Å². The maximum absolute atomic E-state index is 11.3. The minimum Gasteiger partial charge on any atom is -0.463 e. The predicted octanol–water partition coefficient (Wildman–Crippen LogP) is 0.786. The molecule has 6 nitrogen and oxygen atoms in total. The van der Waals surface area contributed by atoms with Gasteiger partial charge in [0, 0.05) is 13.2 Å². The second kappa shape index (κ2) is 3.56. The van der Waals surface area contributed by atoms with Gasteiger partial charge in [-0.3, -0.25) is 0 Å². The summed E-state index contributed by atoms with van der Waals surface area (Å²) in [4.78, 5) is 22.3. The van der Waals surface area contributed by atoms with Crippen LogP contribution in [0.15, 0.2) is 12.3 Å². The largest absolute Gasteiger partial charge is 0.463 e. The van der Waals surface area contributed by atoms with E-state index in [0.29, 0.717) is 11.5 Å². The van der Waals surface area contributed by atoms with E-state index in [2.05, 4.69) is 25.0 Å². The van der Waals surface area contributed by atoms with Gasteiger partial charge in [0.05, 0.1) is 12.5 Å². The number of H-pyrrole nitrogens is 1. The quantitative estimate of drug-likeness (QED) is 0.710. The van der Waals surface area contributed by atoms with Crippen molar-refractivity contribution in [1.82, 2.24) is 15.0 Å². The van der Waals surface area contributed by atoms with Crippen LogP contribution in [-0.4, -0.2) is 35.1 Å². The maximum atomic E-state index is 11.3. The van der Waals surface area contributed by atoms with Gasteiger partial charge in [0.2, 0.25) is 5.82 Å². The van der Waals surface area contributed by atoms with Crippen molar-refractivity contribution in [2.45, 2.75) is 0 Å². The van der Waals surface area contributed by atoms with Crippen molar-refractivity contribution < 1.29 is 9.53 Å². The van der Waals surface area contributed by atoms with Crippen molar-refractivity contribution in [2.24, 2.45) is 0 Å². The van der Waals surface area contributed by atoms with Crippen LogP contribution in [0.3, 0.4) is 0 Å². The Bertz CT molecular complexity index is 506. The Kier molecular flexibility index (Phi) is 2.24. The number of esters is 1. The van der Waals surface area contributed by atoms with Crippen LogP contribution in [0.4, 0.5) is 5.82 Å². The summed E-state index contributed by atoms with van der Waals surface area (Å²) in [5.41, 5.74) is 0.606. The Hall–Kier alpha value is -2.11.